The maximum absolute atomic E-state index is 11.6. The number of phenols is 1. The molecule has 4 nitrogen and oxygen atoms in total. The average Bonchev–Trinajstić information content (AvgIpc) is 2.33. The second kappa shape index (κ2) is 8.08. The third kappa shape index (κ3) is 5.70. The normalized spacial score (nSPS) is 10.2. The number of carbonyl (C=O) groups is 1. The molecule has 0 fully saturated rings. The van der Waals surface area contributed by atoms with Gasteiger partial charge in [0, 0.05) is 24.0 Å². The first-order valence-electron chi connectivity index (χ1n) is 5.45. The van der Waals surface area contributed by atoms with Gasteiger partial charge in [0.05, 0.1) is 6.61 Å². The number of benzene rings is 1. The van der Waals surface area contributed by atoms with Gasteiger partial charge in [0.15, 0.2) is 0 Å². The molecule has 0 unspecified atom stereocenters. The molecule has 0 saturated carbocycles. The smallest absolute Gasteiger partial charge is 0.251 e. The van der Waals surface area contributed by atoms with Gasteiger partial charge in [-0.05, 0) is 24.6 Å². The highest BCUT2D eigenvalue weighted by Gasteiger charge is 2.04. The first-order valence-corrected chi connectivity index (χ1v) is 6.57. The summed E-state index contributed by atoms with van der Waals surface area (Å²) in [4.78, 5) is 11.6. The maximum Gasteiger partial charge on any atom is 0.251 e. The summed E-state index contributed by atoms with van der Waals surface area (Å²) in [6.07, 6.45) is 0.775. The van der Waals surface area contributed by atoms with E-state index in [1.54, 1.807) is 12.1 Å². The van der Waals surface area contributed by atoms with Crippen LogP contribution in [0.2, 0.25) is 0 Å². The molecule has 0 radical (unpaired) electrons. The lowest BCUT2D eigenvalue weighted by molar-refractivity contribution is 0.0944. The van der Waals surface area contributed by atoms with E-state index in [1.165, 1.54) is 12.1 Å². The van der Waals surface area contributed by atoms with Crippen LogP contribution in [-0.4, -0.2) is 36.1 Å². The topological polar surface area (TPSA) is 58.6 Å². The molecule has 0 bridgehead atoms. The number of alkyl halides is 1. The first-order chi connectivity index (χ1) is 8.24. The quantitative estimate of drug-likeness (QED) is 0.597. The molecule has 0 atom stereocenters. The molecule has 0 saturated heterocycles. The van der Waals surface area contributed by atoms with E-state index in [-0.39, 0.29) is 11.7 Å². The van der Waals surface area contributed by atoms with E-state index in [4.69, 9.17) is 4.74 Å². The molecular weight excluding hydrogens is 286 g/mol. The molecule has 2 N–H and O–H groups in total. The number of phenolic OH excluding ortho intramolecular Hbond substituents is 1. The van der Waals surface area contributed by atoms with Crippen LogP contribution in [0, 0.1) is 0 Å². The lowest BCUT2D eigenvalue weighted by Crippen LogP contribution is -2.25. The number of rotatable bonds is 7. The van der Waals surface area contributed by atoms with Gasteiger partial charge in [0.1, 0.15) is 5.75 Å². The minimum absolute atomic E-state index is 0.0957. The highest BCUT2D eigenvalue weighted by Crippen LogP contribution is 2.10. The van der Waals surface area contributed by atoms with Crippen LogP contribution in [0.15, 0.2) is 24.3 Å². The van der Waals surface area contributed by atoms with Gasteiger partial charge < -0.3 is 15.2 Å². The van der Waals surface area contributed by atoms with Gasteiger partial charge in [-0.1, -0.05) is 22.0 Å². The Bertz CT molecular complexity index is 357. The van der Waals surface area contributed by atoms with Crippen LogP contribution < -0.4 is 5.32 Å². The van der Waals surface area contributed by atoms with E-state index in [0.717, 1.165) is 11.8 Å². The summed E-state index contributed by atoms with van der Waals surface area (Å²) in [5.41, 5.74) is 0.464. The summed E-state index contributed by atoms with van der Waals surface area (Å²) in [5.74, 6) is -0.0836. The second-order valence-corrected chi connectivity index (χ2v) is 4.25. The number of halogens is 1. The van der Waals surface area contributed by atoms with Crippen LogP contribution in [0.1, 0.15) is 16.8 Å². The maximum atomic E-state index is 11.6. The largest absolute Gasteiger partial charge is 0.508 e. The molecule has 0 aromatic heterocycles. The summed E-state index contributed by atoms with van der Waals surface area (Å²) in [6, 6.07) is 6.28. The van der Waals surface area contributed by atoms with Crippen molar-refractivity contribution < 1.29 is 14.6 Å². The van der Waals surface area contributed by atoms with E-state index in [9.17, 15) is 9.90 Å². The van der Waals surface area contributed by atoms with Crippen molar-refractivity contribution in [3.05, 3.63) is 29.8 Å². The predicted octanol–water partition coefficient (Wildman–Crippen LogP) is 1.92. The highest BCUT2D eigenvalue weighted by atomic mass is 79.9. The number of amides is 1. The average molecular weight is 302 g/mol. The third-order valence-corrected chi connectivity index (χ3v) is 2.40. The summed E-state index contributed by atoms with van der Waals surface area (Å²) >= 11 is 3.26. The van der Waals surface area contributed by atoms with E-state index in [1.807, 2.05) is 0 Å². The lowest BCUT2D eigenvalue weighted by Gasteiger charge is -2.05. The first kappa shape index (κ1) is 14.0. The van der Waals surface area contributed by atoms with Crippen molar-refractivity contribution in [2.24, 2.45) is 0 Å². The Morgan fingerprint density at radius 2 is 2.24 bits per heavy atom. The molecule has 0 aliphatic heterocycles. The van der Waals surface area contributed by atoms with E-state index >= 15 is 0 Å². The summed E-state index contributed by atoms with van der Waals surface area (Å²) in [5, 5.41) is 12.8. The van der Waals surface area contributed by atoms with Crippen LogP contribution in [-0.2, 0) is 4.74 Å². The summed E-state index contributed by atoms with van der Waals surface area (Å²) in [6.45, 7) is 1.88. The van der Waals surface area contributed by atoms with E-state index in [2.05, 4.69) is 21.2 Å². The van der Waals surface area contributed by atoms with E-state index in [0.29, 0.717) is 25.3 Å². The zero-order valence-electron chi connectivity index (χ0n) is 9.49. The number of ether oxygens (including phenoxy) is 1. The predicted molar refractivity (Wildman–Crippen MR) is 69.7 cm³/mol. The standard InChI is InChI=1S/C12H16BrNO3/c13-5-8-17-7-2-6-14-12(16)10-3-1-4-11(15)9-10/h1,3-4,9,15H,2,5-8H2,(H,14,16). The minimum Gasteiger partial charge on any atom is -0.508 e. The van der Waals surface area contributed by atoms with Gasteiger partial charge in [0.2, 0.25) is 0 Å². The molecule has 0 aliphatic carbocycles. The zero-order valence-corrected chi connectivity index (χ0v) is 11.1. The molecule has 5 heteroatoms. The van der Waals surface area contributed by atoms with Crippen LogP contribution >= 0.6 is 15.9 Å². The molecule has 94 valence electrons. The van der Waals surface area contributed by atoms with Gasteiger partial charge >= 0.3 is 0 Å². The molecule has 1 aromatic rings. The van der Waals surface area contributed by atoms with Crippen LogP contribution in [0.25, 0.3) is 0 Å². The Labute approximate surface area is 109 Å². The van der Waals surface area contributed by atoms with Crippen molar-refractivity contribution in [3.8, 4) is 5.75 Å². The number of nitrogens with one attached hydrogen (secondary N) is 1. The fourth-order valence-corrected chi connectivity index (χ4v) is 1.51. The number of carbonyl (C=O) groups excluding carboxylic acids is 1. The Hall–Kier alpha value is -1.07. The summed E-state index contributed by atoms with van der Waals surface area (Å²) < 4.78 is 5.25. The summed E-state index contributed by atoms with van der Waals surface area (Å²) in [7, 11) is 0. The van der Waals surface area contributed by atoms with Crippen molar-refractivity contribution in [2.45, 2.75) is 6.42 Å². The van der Waals surface area contributed by atoms with Crippen LogP contribution in [0.5, 0.6) is 5.75 Å². The van der Waals surface area contributed by atoms with Crippen molar-refractivity contribution in [2.75, 3.05) is 25.1 Å². The van der Waals surface area contributed by atoms with E-state index < -0.39 is 0 Å². The van der Waals surface area contributed by atoms with Crippen molar-refractivity contribution >= 4 is 21.8 Å². The Morgan fingerprint density at radius 3 is 2.94 bits per heavy atom. The molecule has 17 heavy (non-hydrogen) atoms. The van der Waals surface area contributed by atoms with Crippen molar-refractivity contribution in [1.29, 1.82) is 0 Å². The molecule has 0 heterocycles. The number of hydrogen-bond donors (Lipinski definition) is 2. The fraction of sp³-hybridized carbons (Fsp3) is 0.417. The minimum atomic E-state index is -0.179. The third-order valence-electron chi connectivity index (χ3n) is 2.08. The van der Waals surface area contributed by atoms with Gasteiger partial charge in [-0.15, -0.1) is 0 Å². The van der Waals surface area contributed by atoms with Gasteiger partial charge in [0.25, 0.3) is 5.91 Å². The van der Waals surface area contributed by atoms with Gasteiger partial charge in [-0.3, -0.25) is 4.79 Å². The lowest BCUT2D eigenvalue weighted by atomic mass is 10.2. The molecule has 1 aromatic carbocycles. The molecule has 0 spiro atoms. The van der Waals surface area contributed by atoms with Crippen molar-refractivity contribution in [3.63, 3.8) is 0 Å². The SMILES string of the molecule is O=C(NCCCOCCBr)c1cccc(O)c1. The molecule has 1 amide bonds. The molecule has 0 aliphatic rings. The highest BCUT2D eigenvalue weighted by molar-refractivity contribution is 9.09. The van der Waals surface area contributed by atoms with Crippen LogP contribution in [0.3, 0.4) is 0 Å². The molecule has 1 rings (SSSR count). The van der Waals surface area contributed by atoms with Crippen LogP contribution in [0.4, 0.5) is 0 Å². The van der Waals surface area contributed by atoms with Gasteiger partial charge in [-0.25, -0.2) is 0 Å². The Kier molecular flexibility index (Phi) is 6.65. The second-order valence-electron chi connectivity index (χ2n) is 3.46. The Morgan fingerprint density at radius 1 is 1.41 bits per heavy atom. The molecular formula is C12H16BrNO3. The number of aromatic hydroxyl groups is 1. The van der Waals surface area contributed by atoms with Gasteiger partial charge in [-0.2, -0.15) is 0 Å². The zero-order chi connectivity index (χ0) is 12.5. The Balaban J connectivity index is 2.21. The monoisotopic (exact) mass is 301 g/mol. The fourth-order valence-electron chi connectivity index (χ4n) is 1.28. The number of hydrogen-bond acceptors (Lipinski definition) is 3. The van der Waals surface area contributed by atoms with Crippen molar-refractivity contribution in [1.82, 2.24) is 5.32 Å².